The van der Waals surface area contributed by atoms with Gasteiger partial charge < -0.3 is 10.2 Å². The minimum atomic E-state index is -0.204. The highest BCUT2D eigenvalue weighted by molar-refractivity contribution is 6.30. The Morgan fingerprint density at radius 1 is 1.42 bits per heavy atom. The molecular weight excluding hydrogens is 328 g/mol. The number of likely N-dealkylation sites (tertiary alicyclic amines) is 1. The van der Waals surface area contributed by atoms with Crippen LogP contribution in [0.5, 0.6) is 0 Å². The standard InChI is InChI=1S/C17H19ClN4O2/c1-21-15(5-7-19-21)17(24)20-14-10-16(23)22(11-14)8-6-12-3-2-4-13(18)9-12/h2-5,7,9,14H,6,8,10-11H2,1H3,(H,20,24). The summed E-state index contributed by atoms with van der Waals surface area (Å²) < 4.78 is 1.52. The zero-order valence-electron chi connectivity index (χ0n) is 13.4. The third kappa shape index (κ3) is 3.76. The van der Waals surface area contributed by atoms with Gasteiger partial charge in [0.25, 0.3) is 5.91 Å². The van der Waals surface area contributed by atoms with Crippen LogP contribution in [0.1, 0.15) is 22.5 Å². The lowest BCUT2D eigenvalue weighted by Crippen LogP contribution is -2.38. The number of nitrogens with zero attached hydrogens (tertiary/aromatic N) is 3. The van der Waals surface area contributed by atoms with Crippen LogP contribution in [0.3, 0.4) is 0 Å². The Morgan fingerprint density at radius 2 is 2.25 bits per heavy atom. The number of aryl methyl sites for hydroxylation is 1. The molecule has 1 aromatic heterocycles. The number of halogens is 1. The molecular formula is C17H19ClN4O2. The van der Waals surface area contributed by atoms with Crippen molar-refractivity contribution in [3.63, 3.8) is 0 Å². The van der Waals surface area contributed by atoms with E-state index in [0.717, 1.165) is 12.0 Å². The van der Waals surface area contributed by atoms with Crippen molar-refractivity contribution >= 4 is 23.4 Å². The Balaban J connectivity index is 1.54. The lowest BCUT2D eigenvalue weighted by atomic mass is 10.1. The molecule has 7 heteroatoms. The molecule has 1 aliphatic heterocycles. The van der Waals surface area contributed by atoms with E-state index in [1.807, 2.05) is 24.3 Å². The topological polar surface area (TPSA) is 67.2 Å². The van der Waals surface area contributed by atoms with Gasteiger partial charge in [0.05, 0.1) is 6.04 Å². The SMILES string of the molecule is Cn1nccc1C(=O)NC1CC(=O)N(CCc2cccc(Cl)c2)C1. The molecule has 24 heavy (non-hydrogen) atoms. The van der Waals surface area contributed by atoms with Gasteiger partial charge in [0.15, 0.2) is 0 Å². The molecule has 1 unspecified atom stereocenters. The number of carbonyl (C=O) groups excluding carboxylic acids is 2. The van der Waals surface area contributed by atoms with Crippen LogP contribution in [0.2, 0.25) is 5.02 Å². The molecule has 1 aliphatic rings. The number of rotatable bonds is 5. The molecule has 2 amide bonds. The highest BCUT2D eigenvalue weighted by atomic mass is 35.5. The predicted octanol–water partition coefficient (Wildman–Crippen LogP) is 1.65. The van der Waals surface area contributed by atoms with E-state index in [4.69, 9.17) is 11.6 Å². The number of carbonyl (C=O) groups is 2. The van der Waals surface area contributed by atoms with Gasteiger partial charge >= 0.3 is 0 Å². The van der Waals surface area contributed by atoms with Crippen molar-refractivity contribution in [3.05, 3.63) is 52.8 Å². The van der Waals surface area contributed by atoms with E-state index < -0.39 is 0 Å². The highest BCUT2D eigenvalue weighted by Gasteiger charge is 2.30. The average molecular weight is 347 g/mol. The lowest BCUT2D eigenvalue weighted by Gasteiger charge is -2.17. The molecule has 0 saturated carbocycles. The van der Waals surface area contributed by atoms with Crippen molar-refractivity contribution in [1.82, 2.24) is 20.0 Å². The van der Waals surface area contributed by atoms with Crippen LogP contribution >= 0.6 is 11.6 Å². The van der Waals surface area contributed by atoms with Gasteiger partial charge in [-0.15, -0.1) is 0 Å². The zero-order valence-corrected chi connectivity index (χ0v) is 14.2. The summed E-state index contributed by atoms with van der Waals surface area (Å²) in [4.78, 5) is 26.1. The number of benzene rings is 1. The van der Waals surface area contributed by atoms with Crippen LogP contribution in [-0.2, 0) is 18.3 Å². The minimum absolute atomic E-state index is 0.0623. The van der Waals surface area contributed by atoms with E-state index >= 15 is 0 Å². The maximum Gasteiger partial charge on any atom is 0.269 e. The summed E-state index contributed by atoms with van der Waals surface area (Å²) in [5, 5.41) is 7.58. The number of nitrogens with one attached hydrogen (secondary N) is 1. The normalized spacial score (nSPS) is 17.3. The molecule has 1 N–H and O–H groups in total. The summed E-state index contributed by atoms with van der Waals surface area (Å²) in [6.45, 7) is 1.15. The van der Waals surface area contributed by atoms with E-state index in [9.17, 15) is 9.59 Å². The summed E-state index contributed by atoms with van der Waals surface area (Å²) in [6, 6.07) is 9.12. The van der Waals surface area contributed by atoms with Gasteiger partial charge in [-0.05, 0) is 30.2 Å². The molecule has 0 bridgehead atoms. The fraction of sp³-hybridized carbons (Fsp3) is 0.353. The second-order valence-corrected chi connectivity index (χ2v) is 6.37. The third-order valence-corrected chi connectivity index (χ3v) is 4.40. The Labute approximate surface area is 145 Å². The van der Waals surface area contributed by atoms with Gasteiger partial charge in [-0.25, -0.2) is 0 Å². The molecule has 2 aromatic rings. The van der Waals surface area contributed by atoms with Crippen LogP contribution in [0.15, 0.2) is 36.5 Å². The maximum absolute atomic E-state index is 12.2. The molecule has 1 atom stereocenters. The quantitative estimate of drug-likeness (QED) is 0.895. The summed E-state index contributed by atoms with van der Waals surface area (Å²) in [5.41, 5.74) is 1.58. The van der Waals surface area contributed by atoms with Gasteiger partial charge in [-0.2, -0.15) is 5.10 Å². The van der Waals surface area contributed by atoms with Crippen LogP contribution in [0.25, 0.3) is 0 Å². The Kier molecular flexibility index (Phi) is 4.85. The van der Waals surface area contributed by atoms with E-state index in [1.165, 1.54) is 4.68 Å². The molecule has 0 radical (unpaired) electrons. The first-order chi connectivity index (χ1) is 11.5. The van der Waals surface area contributed by atoms with E-state index in [1.54, 1.807) is 24.2 Å². The number of aromatic nitrogens is 2. The van der Waals surface area contributed by atoms with Crippen molar-refractivity contribution in [2.45, 2.75) is 18.9 Å². The first kappa shape index (κ1) is 16.5. The minimum Gasteiger partial charge on any atom is -0.346 e. The molecule has 1 saturated heterocycles. The summed E-state index contributed by atoms with van der Waals surface area (Å²) in [7, 11) is 1.71. The van der Waals surface area contributed by atoms with Crippen molar-refractivity contribution in [1.29, 1.82) is 0 Å². The van der Waals surface area contributed by atoms with E-state index in [2.05, 4.69) is 10.4 Å². The number of hydrogen-bond acceptors (Lipinski definition) is 3. The van der Waals surface area contributed by atoms with Gasteiger partial charge in [0.2, 0.25) is 5.91 Å². The Hall–Kier alpha value is -2.34. The molecule has 3 rings (SSSR count). The molecule has 0 aliphatic carbocycles. The van der Waals surface area contributed by atoms with Crippen molar-refractivity contribution < 1.29 is 9.59 Å². The van der Waals surface area contributed by atoms with Crippen LogP contribution in [-0.4, -0.2) is 45.6 Å². The molecule has 1 fully saturated rings. The summed E-state index contributed by atoms with van der Waals surface area (Å²) >= 11 is 5.98. The number of hydrogen-bond donors (Lipinski definition) is 1. The molecule has 6 nitrogen and oxygen atoms in total. The van der Waals surface area contributed by atoms with Crippen LogP contribution < -0.4 is 5.32 Å². The highest BCUT2D eigenvalue weighted by Crippen LogP contribution is 2.15. The van der Waals surface area contributed by atoms with Gasteiger partial charge in [0.1, 0.15) is 5.69 Å². The van der Waals surface area contributed by atoms with Crippen LogP contribution in [0, 0.1) is 0 Å². The van der Waals surface area contributed by atoms with E-state index in [0.29, 0.717) is 30.2 Å². The first-order valence-electron chi connectivity index (χ1n) is 7.84. The third-order valence-electron chi connectivity index (χ3n) is 4.16. The Morgan fingerprint density at radius 3 is 2.96 bits per heavy atom. The van der Waals surface area contributed by atoms with Gasteiger partial charge in [-0.3, -0.25) is 14.3 Å². The van der Waals surface area contributed by atoms with Gasteiger partial charge in [-0.1, -0.05) is 23.7 Å². The Bertz CT molecular complexity index is 759. The molecule has 126 valence electrons. The fourth-order valence-corrected chi connectivity index (χ4v) is 3.11. The fourth-order valence-electron chi connectivity index (χ4n) is 2.90. The molecule has 0 spiro atoms. The average Bonchev–Trinajstić information content (AvgIpc) is 3.11. The van der Waals surface area contributed by atoms with E-state index in [-0.39, 0.29) is 17.9 Å². The molecule has 1 aromatic carbocycles. The van der Waals surface area contributed by atoms with Gasteiger partial charge in [0, 0.05) is 37.8 Å². The smallest absolute Gasteiger partial charge is 0.269 e. The first-order valence-corrected chi connectivity index (χ1v) is 8.22. The van der Waals surface area contributed by atoms with Crippen LogP contribution in [0.4, 0.5) is 0 Å². The predicted molar refractivity (Wildman–Crippen MR) is 90.8 cm³/mol. The zero-order chi connectivity index (χ0) is 17.1. The van der Waals surface area contributed by atoms with Crippen molar-refractivity contribution in [2.24, 2.45) is 7.05 Å². The monoisotopic (exact) mass is 346 g/mol. The van der Waals surface area contributed by atoms with Crippen molar-refractivity contribution in [3.8, 4) is 0 Å². The van der Waals surface area contributed by atoms with Crippen molar-refractivity contribution in [2.75, 3.05) is 13.1 Å². The second kappa shape index (κ2) is 7.05. The maximum atomic E-state index is 12.2. The lowest BCUT2D eigenvalue weighted by molar-refractivity contribution is -0.127. The largest absolute Gasteiger partial charge is 0.346 e. The number of amides is 2. The summed E-state index contributed by atoms with van der Waals surface area (Å²) in [5.74, 6) is -0.142. The summed E-state index contributed by atoms with van der Waals surface area (Å²) in [6.07, 6.45) is 2.65. The molecule has 2 heterocycles. The second-order valence-electron chi connectivity index (χ2n) is 5.93.